The average molecular weight is 251 g/mol. The molecule has 0 N–H and O–H groups in total. The van der Waals surface area contributed by atoms with Crippen molar-refractivity contribution in [2.75, 3.05) is 0 Å². The molecule has 0 amide bonds. The number of hydrogen-bond acceptors (Lipinski definition) is 2. The maximum absolute atomic E-state index is 4.54. The van der Waals surface area contributed by atoms with E-state index in [1.165, 1.54) is 0 Å². The van der Waals surface area contributed by atoms with Gasteiger partial charge in [0.25, 0.3) is 0 Å². The van der Waals surface area contributed by atoms with Crippen LogP contribution in [0, 0.1) is 12.3 Å². The summed E-state index contributed by atoms with van der Waals surface area (Å²) in [5.74, 6) is 0. The Morgan fingerprint density at radius 3 is 2.79 bits per heavy atom. The smallest absolute Gasteiger partial charge is 0.0999 e. The van der Waals surface area contributed by atoms with Crippen LogP contribution >= 0.6 is 0 Å². The molecule has 3 rings (SSSR count). The molecule has 0 spiro atoms. The molecule has 0 fully saturated rings. The SMILES string of the molecule is Cc1ncccc1-c1ncn2c1C=CC(C)(C)C=C2. The van der Waals surface area contributed by atoms with Crippen LogP contribution in [0.5, 0.6) is 0 Å². The third-order valence-corrected chi connectivity index (χ3v) is 3.43. The zero-order chi connectivity index (χ0) is 13.5. The van der Waals surface area contributed by atoms with Crippen LogP contribution in [0.1, 0.15) is 25.2 Å². The summed E-state index contributed by atoms with van der Waals surface area (Å²) in [6.07, 6.45) is 12.3. The summed E-state index contributed by atoms with van der Waals surface area (Å²) in [5, 5.41) is 0. The molecular weight excluding hydrogens is 234 g/mol. The van der Waals surface area contributed by atoms with Gasteiger partial charge in [-0.15, -0.1) is 0 Å². The fraction of sp³-hybridized carbons (Fsp3) is 0.250. The molecule has 0 saturated carbocycles. The van der Waals surface area contributed by atoms with E-state index in [-0.39, 0.29) is 5.41 Å². The van der Waals surface area contributed by atoms with Gasteiger partial charge in [-0.05, 0) is 25.1 Å². The molecule has 0 unspecified atom stereocenters. The lowest BCUT2D eigenvalue weighted by Gasteiger charge is -2.11. The first-order valence-corrected chi connectivity index (χ1v) is 6.44. The van der Waals surface area contributed by atoms with Gasteiger partial charge in [-0.25, -0.2) is 4.98 Å². The van der Waals surface area contributed by atoms with Gasteiger partial charge in [-0.2, -0.15) is 0 Å². The predicted molar refractivity (Wildman–Crippen MR) is 78.3 cm³/mol. The van der Waals surface area contributed by atoms with Gasteiger partial charge in [0.2, 0.25) is 0 Å². The van der Waals surface area contributed by atoms with Gasteiger partial charge in [-0.1, -0.05) is 26.0 Å². The lowest BCUT2D eigenvalue weighted by atomic mass is 9.93. The van der Waals surface area contributed by atoms with Crippen LogP contribution in [0.4, 0.5) is 0 Å². The van der Waals surface area contributed by atoms with Crippen molar-refractivity contribution >= 4 is 12.3 Å². The Kier molecular flexibility index (Phi) is 2.63. The molecule has 0 bridgehead atoms. The van der Waals surface area contributed by atoms with E-state index >= 15 is 0 Å². The molecule has 0 saturated heterocycles. The van der Waals surface area contributed by atoms with Crippen molar-refractivity contribution in [1.29, 1.82) is 0 Å². The molecule has 0 radical (unpaired) electrons. The highest BCUT2D eigenvalue weighted by Gasteiger charge is 2.17. The molecule has 96 valence electrons. The lowest BCUT2D eigenvalue weighted by molar-refractivity contribution is 0.632. The van der Waals surface area contributed by atoms with Gasteiger partial charge in [0.15, 0.2) is 0 Å². The van der Waals surface area contributed by atoms with E-state index in [0.717, 1.165) is 22.6 Å². The van der Waals surface area contributed by atoms with E-state index in [1.54, 1.807) is 0 Å². The van der Waals surface area contributed by atoms with Crippen LogP contribution in [0.3, 0.4) is 0 Å². The first kappa shape index (κ1) is 11.9. The normalized spacial score (nSPS) is 16.2. The predicted octanol–water partition coefficient (Wildman–Crippen LogP) is 3.78. The number of aryl methyl sites for hydroxylation is 1. The second-order valence-electron chi connectivity index (χ2n) is 5.49. The van der Waals surface area contributed by atoms with E-state index in [4.69, 9.17) is 0 Å². The molecular formula is C16H17N3. The highest BCUT2D eigenvalue weighted by Crippen LogP contribution is 2.30. The topological polar surface area (TPSA) is 30.7 Å². The van der Waals surface area contributed by atoms with Gasteiger partial charge < -0.3 is 4.57 Å². The monoisotopic (exact) mass is 251 g/mol. The summed E-state index contributed by atoms with van der Waals surface area (Å²) >= 11 is 0. The fourth-order valence-corrected chi connectivity index (χ4v) is 2.22. The standard InChI is InChI=1S/C16H17N3/c1-12-13(5-4-9-17-12)15-14-6-7-16(2,3)8-10-19(14)11-18-15/h4-11H,1-3H3. The number of imidazole rings is 1. The Morgan fingerprint density at radius 2 is 2.00 bits per heavy atom. The maximum Gasteiger partial charge on any atom is 0.0999 e. The van der Waals surface area contributed by atoms with Crippen molar-refractivity contribution in [2.24, 2.45) is 5.41 Å². The third-order valence-electron chi connectivity index (χ3n) is 3.43. The lowest BCUT2D eigenvalue weighted by Crippen LogP contribution is -2.00. The van der Waals surface area contributed by atoms with E-state index in [2.05, 4.69) is 58.9 Å². The zero-order valence-corrected chi connectivity index (χ0v) is 11.5. The number of rotatable bonds is 1. The Morgan fingerprint density at radius 1 is 1.16 bits per heavy atom. The number of aromatic nitrogens is 3. The summed E-state index contributed by atoms with van der Waals surface area (Å²) in [7, 11) is 0. The molecule has 0 atom stereocenters. The molecule has 0 aliphatic carbocycles. The number of fused-ring (bicyclic) bond motifs is 1. The average Bonchev–Trinajstić information content (AvgIpc) is 2.71. The first-order chi connectivity index (χ1) is 9.07. The van der Waals surface area contributed by atoms with Gasteiger partial charge in [0, 0.05) is 29.1 Å². The second kappa shape index (κ2) is 4.19. The minimum atomic E-state index is 0.0697. The second-order valence-corrected chi connectivity index (χ2v) is 5.49. The van der Waals surface area contributed by atoms with Crippen LogP contribution in [0.15, 0.2) is 36.8 Å². The molecule has 2 aromatic rings. The van der Waals surface area contributed by atoms with Crippen molar-refractivity contribution in [2.45, 2.75) is 20.8 Å². The number of hydrogen-bond donors (Lipinski definition) is 0. The Bertz CT molecular complexity index is 675. The number of allylic oxidation sites excluding steroid dienone is 2. The summed E-state index contributed by atoms with van der Waals surface area (Å²) in [6.45, 7) is 6.39. The van der Waals surface area contributed by atoms with Gasteiger partial charge in [0.1, 0.15) is 0 Å². The highest BCUT2D eigenvalue weighted by molar-refractivity contribution is 5.73. The van der Waals surface area contributed by atoms with Crippen molar-refractivity contribution in [3.8, 4) is 11.3 Å². The van der Waals surface area contributed by atoms with Gasteiger partial charge >= 0.3 is 0 Å². The molecule has 3 heterocycles. The van der Waals surface area contributed by atoms with Crippen LogP contribution in [0.25, 0.3) is 23.5 Å². The Labute approximate surface area is 113 Å². The fourth-order valence-electron chi connectivity index (χ4n) is 2.22. The summed E-state index contributed by atoms with van der Waals surface area (Å²) in [4.78, 5) is 8.88. The Hall–Kier alpha value is -2.16. The van der Waals surface area contributed by atoms with Crippen LogP contribution in [0.2, 0.25) is 0 Å². The third kappa shape index (κ3) is 2.12. The first-order valence-electron chi connectivity index (χ1n) is 6.44. The largest absolute Gasteiger partial charge is 0.306 e. The van der Waals surface area contributed by atoms with Crippen molar-refractivity contribution < 1.29 is 0 Å². The number of nitrogens with zero attached hydrogens (tertiary/aromatic N) is 3. The van der Waals surface area contributed by atoms with E-state index in [1.807, 2.05) is 25.5 Å². The van der Waals surface area contributed by atoms with Crippen LogP contribution < -0.4 is 0 Å². The maximum atomic E-state index is 4.54. The van der Waals surface area contributed by atoms with Gasteiger partial charge in [-0.3, -0.25) is 4.98 Å². The van der Waals surface area contributed by atoms with E-state index in [9.17, 15) is 0 Å². The summed E-state index contributed by atoms with van der Waals surface area (Å²) in [5.41, 5.74) is 4.27. The Balaban J connectivity index is 2.17. The van der Waals surface area contributed by atoms with Crippen LogP contribution in [-0.2, 0) is 0 Å². The quantitative estimate of drug-likeness (QED) is 0.772. The molecule has 19 heavy (non-hydrogen) atoms. The zero-order valence-electron chi connectivity index (χ0n) is 11.5. The van der Waals surface area contributed by atoms with Crippen LogP contribution in [-0.4, -0.2) is 14.5 Å². The minimum absolute atomic E-state index is 0.0697. The number of pyridine rings is 1. The van der Waals surface area contributed by atoms with Gasteiger partial charge in [0.05, 0.1) is 17.7 Å². The molecule has 1 aliphatic heterocycles. The molecule has 3 nitrogen and oxygen atoms in total. The minimum Gasteiger partial charge on any atom is -0.306 e. The van der Waals surface area contributed by atoms with Crippen molar-refractivity contribution in [3.05, 3.63) is 48.2 Å². The molecule has 3 heteroatoms. The van der Waals surface area contributed by atoms with Crippen molar-refractivity contribution in [1.82, 2.24) is 14.5 Å². The van der Waals surface area contributed by atoms with E-state index < -0.39 is 0 Å². The summed E-state index contributed by atoms with van der Waals surface area (Å²) < 4.78 is 2.06. The highest BCUT2D eigenvalue weighted by atomic mass is 15.0. The summed E-state index contributed by atoms with van der Waals surface area (Å²) in [6, 6.07) is 4.02. The van der Waals surface area contributed by atoms with E-state index in [0.29, 0.717) is 0 Å². The molecule has 0 aromatic carbocycles. The molecule has 2 aromatic heterocycles. The molecule has 1 aliphatic rings. The van der Waals surface area contributed by atoms with Crippen molar-refractivity contribution in [3.63, 3.8) is 0 Å².